The smallest absolute Gasteiger partial charge is 0.255 e. The molecular formula is C29H39N3O4. The van der Waals surface area contributed by atoms with E-state index in [-0.39, 0.29) is 29.8 Å². The van der Waals surface area contributed by atoms with Gasteiger partial charge in [0.15, 0.2) is 0 Å². The number of likely N-dealkylation sites (tertiary alicyclic amines) is 1. The van der Waals surface area contributed by atoms with Crippen molar-refractivity contribution < 1.29 is 14.7 Å². The maximum atomic E-state index is 13.2. The van der Waals surface area contributed by atoms with Gasteiger partial charge in [-0.25, -0.2) is 0 Å². The minimum Gasteiger partial charge on any atom is -0.387 e. The Hall–Kier alpha value is -2.93. The van der Waals surface area contributed by atoms with Crippen LogP contribution >= 0.6 is 0 Å². The molecular weight excluding hydrogens is 454 g/mol. The summed E-state index contributed by atoms with van der Waals surface area (Å²) in [4.78, 5) is 42.7. The van der Waals surface area contributed by atoms with Gasteiger partial charge in [0.05, 0.1) is 17.7 Å². The van der Waals surface area contributed by atoms with Crippen LogP contribution in [0.15, 0.2) is 47.4 Å². The van der Waals surface area contributed by atoms with E-state index in [1.807, 2.05) is 56.0 Å². The largest absolute Gasteiger partial charge is 0.387 e. The van der Waals surface area contributed by atoms with Gasteiger partial charge in [0.1, 0.15) is 0 Å². The van der Waals surface area contributed by atoms with E-state index in [0.29, 0.717) is 36.6 Å². The highest BCUT2D eigenvalue weighted by molar-refractivity contribution is 6.00. The normalized spacial score (nSPS) is 22.2. The minimum absolute atomic E-state index is 0.00718. The van der Waals surface area contributed by atoms with Gasteiger partial charge in [0.2, 0.25) is 5.91 Å². The number of benzene rings is 1. The van der Waals surface area contributed by atoms with Crippen LogP contribution in [0.3, 0.4) is 0 Å². The number of nitrogens with zero attached hydrogens (tertiary/aromatic N) is 3. The fraction of sp³-hybridized carbons (Fsp3) is 0.552. The summed E-state index contributed by atoms with van der Waals surface area (Å²) in [7, 11) is 3.36. The average Bonchev–Trinajstić information content (AvgIpc) is 3.65. The third kappa shape index (κ3) is 5.26. The summed E-state index contributed by atoms with van der Waals surface area (Å²) in [5.41, 5.74) is -0.340. The molecule has 1 aromatic carbocycles. The monoisotopic (exact) mass is 493 g/mol. The third-order valence-corrected chi connectivity index (χ3v) is 8.04. The molecule has 2 fully saturated rings. The second kappa shape index (κ2) is 9.85. The maximum Gasteiger partial charge on any atom is 0.255 e. The SMILES string of the molecule is CC(CC1CC1)C(=O)N1CCC(O)(Cn2cc(C(=O)N(C)C)c(-c3ccccc3)cc2=O)C(C)(C)C1. The minimum atomic E-state index is -1.21. The summed E-state index contributed by atoms with van der Waals surface area (Å²) in [6, 6.07) is 10.9. The van der Waals surface area contributed by atoms with Crippen LogP contribution in [0.25, 0.3) is 11.1 Å². The van der Waals surface area contributed by atoms with E-state index in [4.69, 9.17) is 0 Å². The fourth-order valence-corrected chi connectivity index (χ4v) is 5.36. The molecule has 0 radical (unpaired) electrons. The Kier molecular flexibility index (Phi) is 7.15. The van der Waals surface area contributed by atoms with Crippen molar-refractivity contribution >= 4 is 11.8 Å². The topological polar surface area (TPSA) is 82.8 Å². The van der Waals surface area contributed by atoms with Gasteiger partial charge in [-0.15, -0.1) is 0 Å². The summed E-state index contributed by atoms with van der Waals surface area (Å²) in [5, 5.41) is 11.8. The van der Waals surface area contributed by atoms with Crippen molar-refractivity contribution in [1.82, 2.24) is 14.4 Å². The second-order valence-corrected chi connectivity index (χ2v) is 11.6. The molecule has 7 heteroatoms. The van der Waals surface area contributed by atoms with E-state index in [1.54, 1.807) is 20.3 Å². The second-order valence-electron chi connectivity index (χ2n) is 11.6. The zero-order valence-electron chi connectivity index (χ0n) is 22.2. The Balaban J connectivity index is 1.60. The first-order valence-electron chi connectivity index (χ1n) is 12.9. The predicted molar refractivity (Wildman–Crippen MR) is 141 cm³/mol. The molecule has 2 aromatic rings. The molecule has 2 unspecified atom stereocenters. The molecule has 2 aliphatic rings. The van der Waals surface area contributed by atoms with Crippen LogP contribution in [-0.4, -0.2) is 64.1 Å². The van der Waals surface area contributed by atoms with Gasteiger partial charge in [-0.3, -0.25) is 14.4 Å². The number of aromatic nitrogens is 1. The van der Waals surface area contributed by atoms with Gasteiger partial charge in [-0.05, 0) is 24.3 Å². The highest BCUT2D eigenvalue weighted by atomic mass is 16.3. The molecule has 1 aromatic heterocycles. The molecule has 1 aliphatic heterocycles. The predicted octanol–water partition coefficient (Wildman–Crippen LogP) is 3.64. The summed E-state index contributed by atoms with van der Waals surface area (Å²) in [5.74, 6) is 0.620. The lowest BCUT2D eigenvalue weighted by Gasteiger charge is -2.50. The van der Waals surface area contributed by atoms with E-state index in [2.05, 4.69) is 0 Å². The number of aliphatic hydroxyl groups is 1. The summed E-state index contributed by atoms with van der Waals surface area (Å²) in [6.45, 7) is 6.85. The van der Waals surface area contributed by atoms with Crippen molar-refractivity contribution in [3.05, 3.63) is 58.5 Å². The van der Waals surface area contributed by atoms with Crippen LogP contribution in [0, 0.1) is 17.3 Å². The van der Waals surface area contributed by atoms with E-state index in [1.165, 1.54) is 28.4 Å². The average molecular weight is 494 g/mol. The number of pyridine rings is 1. The molecule has 1 aliphatic carbocycles. The van der Waals surface area contributed by atoms with Gasteiger partial charge >= 0.3 is 0 Å². The lowest BCUT2D eigenvalue weighted by atomic mass is 9.69. The Morgan fingerprint density at radius 2 is 1.83 bits per heavy atom. The highest BCUT2D eigenvalue weighted by Gasteiger charge is 2.49. The first-order chi connectivity index (χ1) is 16.9. The molecule has 36 heavy (non-hydrogen) atoms. The number of carbonyl (C=O) groups excluding carboxylic acids is 2. The van der Waals surface area contributed by atoms with Gasteiger partial charge < -0.3 is 19.5 Å². The van der Waals surface area contributed by atoms with Gasteiger partial charge in [-0.2, -0.15) is 0 Å². The molecule has 1 saturated carbocycles. The first kappa shape index (κ1) is 26.1. The van der Waals surface area contributed by atoms with Crippen LogP contribution in [0.4, 0.5) is 0 Å². The molecule has 1 N–H and O–H groups in total. The molecule has 2 heterocycles. The Labute approximate surface area is 213 Å². The van der Waals surface area contributed by atoms with Gasteiger partial charge in [-0.1, -0.05) is 63.9 Å². The molecule has 7 nitrogen and oxygen atoms in total. The third-order valence-electron chi connectivity index (χ3n) is 8.04. The van der Waals surface area contributed by atoms with Crippen molar-refractivity contribution in [1.29, 1.82) is 0 Å². The van der Waals surface area contributed by atoms with Gasteiger partial charge in [0.25, 0.3) is 11.5 Å². The van der Waals surface area contributed by atoms with Crippen molar-refractivity contribution in [2.24, 2.45) is 17.3 Å². The lowest BCUT2D eigenvalue weighted by molar-refractivity contribution is -0.157. The summed E-state index contributed by atoms with van der Waals surface area (Å²) < 4.78 is 1.46. The van der Waals surface area contributed by atoms with E-state index in [0.717, 1.165) is 12.0 Å². The number of carbonyl (C=O) groups is 2. The van der Waals surface area contributed by atoms with Crippen LogP contribution in [0.2, 0.25) is 0 Å². The molecule has 194 valence electrons. The van der Waals surface area contributed by atoms with E-state index < -0.39 is 11.0 Å². The number of hydrogen-bond donors (Lipinski definition) is 1. The molecule has 0 spiro atoms. The number of hydrogen-bond acceptors (Lipinski definition) is 4. The van der Waals surface area contributed by atoms with Crippen LogP contribution in [0.5, 0.6) is 0 Å². The van der Waals surface area contributed by atoms with Gasteiger partial charge in [0, 0.05) is 56.3 Å². The Morgan fingerprint density at radius 1 is 1.17 bits per heavy atom. The fourth-order valence-electron chi connectivity index (χ4n) is 5.36. The zero-order chi connectivity index (χ0) is 26.3. The van der Waals surface area contributed by atoms with Crippen LogP contribution < -0.4 is 5.56 Å². The molecule has 4 rings (SSSR count). The Morgan fingerprint density at radius 3 is 2.42 bits per heavy atom. The molecule has 1 saturated heterocycles. The summed E-state index contributed by atoms with van der Waals surface area (Å²) in [6.07, 6.45) is 5.33. The molecule has 2 amide bonds. The maximum absolute atomic E-state index is 13.2. The number of piperidine rings is 1. The van der Waals surface area contributed by atoms with Crippen molar-refractivity contribution in [2.75, 3.05) is 27.2 Å². The lowest BCUT2D eigenvalue weighted by Crippen LogP contribution is -2.61. The van der Waals surface area contributed by atoms with Crippen molar-refractivity contribution in [2.45, 2.75) is 58.6 Å². The standard InChI is InChI=1S/C29H39N3O4/c1-20(15-21-11-12-21)26(34)31-14-13-29(36,28(2,3)18-31)19-32-17-24(27(35)30(4)5)23(16-25(32)33)22-9-7-6-8-10-22/h6-10,16-17,20-21,36H,11-15,18-19H2,1-5H3. The summed E-state index contributed by atoms with van der Waals surface area (Å²) >= 11 is 0. The first-order valence-corrected chi connectivity index (χ1v) is 12.9. The quantitative estimate of drug-likeness (QED) is 0.638. The zero-order valence-corrected chi connectivity index (χ0v) is 22.2. The van der Waals surface area contributed by atoms with E-state index >= 15 is 0 Å². The van der Waals surface area contributed by atoms with E-state index in [9.17, 15) is 19.5 Å². The number of rotatable bonds is 7. The molecule has 0 bridgehead atoms. The number of amides is 2. The highest BCUT2D eigenvalue weighted by Crippen LogP contribution is 2.41. The van der Waals surface area contributed by atoms with Crippen LogP contribution in [0.1, 0.15) is 56.8 Å². The van der Waals surface area contributed by atoms with Crippen molar-refractivity contribution in [3.8, 4) is 11.1 Å². The van der Waals surface area contributed by atoms with Crippen molar-refractivity contribution in [3.63, 3.8) is 0 Å². The molecule has 2 atom stereocenters. The van der Waals surface area contributed by atoms with Crippen LogP contribution in [-0.2, 0) is 11.3 Å². The Bertz CT molecular complexity index is 1180.